The SMILES string of the molecule is C.CCCOc1ccc(C2(c3ccc(OCCO)cc3)c3ccccc3-c3ccccc32)cc1.Cc1cc(C2(c3ccc(O)c(C)c3)c3ccccc3-c3ccccc32)ccc1O.Cc1ccc(C2(c3ccc(O)cc3)c3ccccc3-c3ccccc32)cc1. The van der Waals surface area contributed by atoms with E-state index in [0.29, 0.717) is 18.1 Å². The van der Waals surface area contributed by atoms with Crippen LogP contribution in [0.5, 0.6) is 28.7 Å². The number of fused-ring (bicyclic) bond motifs is 9. The van der Waals surface area contributed by atoms with Gasteiger partial charge in [0.2, 0.25) is 0 Å². The molecule has 90 heavy (non-hydrogen) atoms. The third-order valence-corrected chi connectivity index (χ3v) is 18.3. The van der Waals surface area contributed by atoms with Crippen molar-refractivity contribution in [3.63, 3.8) is 0 Å². The van der Waals surface area contributed by atoms with E-state index in [1.165, 1.54) is 94.6 Å². The minimum atomic E-state index is -0.510. The molecule has 0 aromatic heterocycles. The van der Waals surface area contributed by atoms with Crippen molar-refractivity contribution in [3.05, 3.63) is 363 Å². The fraction of sp³-hybridized carbons (Fsp3) is 0.143. The molecule has 446 valence electrons. The number of aliphatic hydroxyl groups excluding tert-OH is 1. The molecule has 0 radical (unpaired) electrons. The average molecular weight is 1180 g/mol. The Morgan fingerprint density at radius 2 is 0.578 bits per heavy atom. The minimum absolute atomic E-state index is 0. The zero-order valence-corrected chi connectivity index (χ0v) is 50.5. The number of hydrogen-bond donors (Lipinski definition) is 4. The summed E-state index contributed by atoms with van der Waals surface area (Å²) in [6, 6.07) is 96.9. The van der Waals surface area contributed by atoms with Crippen LogP contribution >= 0.6 is 0 Å². The van der Waals surface area contributed by atoms with Crippen LogP contribution < -0.4 is 9.47 Å². The molecule has 6 nitrogen and oxygen atoms in total. The number of phenols is 3. The van der Waals surface area contributed by atoms with Gasteiger partial charge in [0.05, 0.1) is 29.5 Å². The molecule has 0 unspecified atom stereocenters. The maximum Gasteiger partial charge on any atom is 0.119 e. The number of aliphatic hydroxyl groups is 1. The van der Waals surface area contributed by atoms with E-state index in [4.69, 9.17) is 14.6 Å². The van der Waals surface area contributed by atoms with Gasteiger partial charge in [-0.15, -0.1) is 0 Å². The van der Waals surface area contributed by atoms with Gasteiger partial charge in [-0.3, -0.25) is 0 Å². The first-order chi connectivity index (χ1) is 43.5. The number of hydrogen-bond acceptors (Lipinski definition) is 6. The molecule has 15 rings (SSSR count). The number of aromatic hydroxyl groups is 3. The molecular formula is C84H74O6. The van der Waals surface area contributed by atoms with Gasteiger partial charge in [-0.05, 0) is 187 Å². The molecule has 0 heterocycles. The molecule has 0 amide bonds. The highest BCUT2D eigenvalue weighted by atomic mass is 16.5. The van der Waals surface area contributed by atoms with Crippen LogP contribution in [0.3, 0.4) is 0 Å². The molecule has 3 aliphatic rings. The van der Waals surface area contributed by atoms with Crippen LogP contribution in [-0.2, 0) is 16.2 Å². The highest BCUT2D eigenvalue weighted by molar-refractivity contribution is 5.89. The van der Waals surface area contributed by atoms with Crippen LogP contribution in [-0.4, -0.2) is 40.2 Å². The largest absolute Gasteiger partial charge is 0.508 e. The maximum absolute atomic E-state index is 10.2. The number of ether oxygens (including phenoxy) is 2. The van der Waals surface area contributed by atoms with Crippen LogP contribution in [0.15, 0.2) is 279 Å². The Kier molecular flexibility index (Phi) is 16.6. The average Bonchev–Trinajstić information content (AvgIpc) is 1.54. The highest BCUT2D eigenvalue weighted by Crippen LogP contribution is 2.59. The lowest BCUT2D eigenvalue weighted by molar-refractivity contribution is 0.201. The molecule has 6 heteroatoms. The first-order valence-corrected chi connectivity index (χ1v) is 30.7. The second kappa shape index (κ2) is 25.0. The lowest BCUT2D eigenvalue weighted by Gasteiger charge is -2.34. The Morgan fingerprint density at radius 1 is 0.311 bits per heavy atom. The maximum atomic E-state index is 10.2. The van der Waals surface area contributed by atoms with E-state index >= 15 is 0 Å². The third-order valence-electron chi connectivity index (χ3n) is 18.3. The van der Waals surface area contributed by atoms with Crippen molar-refractivity contribution in [2.24, 2.45) is 0 Å². The van der Waals surface area contributed by atoms with Gasteiger partial charge in [0.15, 0.2) is 0 Å². The fourth-order valence-corrected chi connectivity index (χ4v) is 14.3. The molecule has 0 aliphatic heterocycles. The summed E-state index contributed by atoms with van der Waals surface area (Å²) in [7, 11) is 0. The first kappa shape index (κ1) is 59.9. The lowest BCUT2D eigenvalue weighted by Crippen LogP contribution is -2.28. The van der Waals surface area contributed by atoms with Crippen LogP contribution in [0, 0.1) is 20.8 Å². The van der Waals surface area contributed by atoms with Gasteiger partial charge in [-0.2, -0.15) is 0 Å². The number of phenolic OH excluding ortho intramolecular Hbond substituents is 3. The number of benzene rings is 12. The Morgan fingerprint density at radius 3 is 0.878 bits per heavy atom. The summed E-state index contributed by atoms with van der Waals surface area (Å²) in [6.45, 7) is 9.10. The van der Waals surface area contributed by atoms with Crippen LogP contribution in [0.25, 0.3) is 33.4 Å². The van der Waals surface area contributed by atoms with Crippen molar-refractivity contribution in [1.29, 1.82) is 0 Å². The second-order valence-electron chi connectivity index (χ2n) is 23.4. The fourth-order valence-electron chi connectivity index (χ4n) is 14.3. The van der Waals surface area contributed by atoms with E-state index in [0.717, 1.165) is 40.2 Å². The Bertz CT molecular complexity index is 4230. The first-order valence-electron chi connectivity index (χ1n) is 30.7. The predicted molar refractivity (Wildman–Crippen MR) is 366 cm³/mol. The summed E-state index contributed by atoms with van der Waals surface area (Å²) in [5.74, 6) is 2.53. The Balaban J connectivity index is 0.000000131. The summed E-state index contributed by atoms with van der Waals surface area (Å²) in [5, 5.41) is 39.3. The second-order valence-corrected chi connectivity index (χ2v) is 23.4. The molecule has 12 aromatic rings. The summed E-state index contributed by atoms with van der Waals surface area (Å²) >= 11 is 0. The van der Waals surface area contributed by atoms with E-state index < -0.39 is 10.8 Å². The van der Waals surface area contributed by atoms with Gasteiger partial charge >= 0.3 is 0 Å². The molecule has 0 fully saturated rings. The minimum Gasteiger partial charge on any atom is -0.508 e. The molecule has 0 saturated heterocycles. The van der Waals surface area contributed by atoms with E-state index in [-0.39, 0.29) is 31.8 Å². The van der Waals surface area contributed by atoms with Gasteiger partial charge in [0, 0.05) is 0 Å². The van der Waals surface area contributed by atoms with Crippen molar-refractivity contribution in [2.45, 2.75) is 57.8 Å². The van der Waals surface area contributed by atoms with E-state index in [2.05, 4.69) is 232 Å². The van der Waals surface area contributed by atoms with Gasteiger partial charge < -0.3 is 29.9 Å². The standard InChI is InChI=1S/C30H28O3.C27H22O2.C26H20O.CH4/c1-2-20-32-24-15-11-22(12-16-24)30(23-13-17-25(18-14-23)33-21-19-31)28-9-5-3-7-26(28)27-8-4-6-10-29(27)30;1-17-15-19(11-13-25(17)28)27(20-12-14-26(29)18(2)16-20)23-9-5-3-7-21(23)22-8-4-6-10-24(22)27;1-18-10-12-19(13-11-18)26(20-14-16-21(27)17-15-20)24-8-4-2-6-22(24)23-7-3-5-9-25(23)26;/h3-18,31H,2,19-21H2,1H3;3-16,28-29H,1-2H3;2-17,27H,1H3;1H4. The Labute approximate surface area is 529 Å². The quantitative estimate of drug-likeness (QED) is 0.0973. The topological polar surface area (TPSA) is 99.4 Å². The number of aryl methyl sites for hydroxylation is 3. The van der Waals surface area contributed by atoms with Crippen molar-refractivity contribution >= 4 is 0 Å². The van der Waals surface area contributed by atoms with Gasteiger partial charge in [-0.25, -0.2) is 0 Å². The van der Waals surface area contributed by atoms with Crippen LogP contribution in [0.2, 0.25) is 0 Å². The van der Waals surface area contributed by atoms with E-state index in [1.807, 2.05) is 50.2 Å². The van der Waals surface area contributed by atoms with E-state index in [9.17, 15) is 15.3 Å². The molecule has 0 bridgehead atoms. The molecule has 12 aromatic carbocycles. The zero-order chi connectivity index (χ0) is 61.3. The third kappa shape index (κ3) is 9.98. The van der Waals surface area contributed by atoms with Crippen molar-refractivity contribution in [2.75, 3.05) is 19.8 Å². The van der Waals surface area contributed by atoms with Gasteiger partial charge in [0.1, 0.15) is 35.4 Å². The summed E-state index contributed by atoms with van der Waals surface area (Å²) < 4.78 is 11.5. The van der Waals surface area contributed by atoms with Crippen LogP contribution in [0.4, 0.5) is 0 Å². The van der Waals surface area contributed by atoms with Gasteiger partial charge in [0.25, 0.3) is 0 Å². The summed E-state index contributed by atoms with van der Waals surface area (Å²) in [4.78, 5) is 0. The summed E-state index contributed by atoms with van der Waals surface area (Å²) in [6.07, 6.45) is 0.983. The molecule has 0 saturated carbocycles. The normalized spacial score (nSPS) is 13.4. The molecule has 0 atom stereocenters. The smallest absolute Gasteiger partial charge is 0.119 e. The molecule has 4 N–H and O–H groups in total. The van der Waals surface area contributed by atoms with Crippen molar-refractivity contribution < 1.29 is 29.9 Å². The van der Waals surface area contributed by atoms with Crippen molar-refractivity contribution in [1.82, 2.24) is 0 Å². The monoisotopic (exact) mass is 1180 g/mol. The van der Waals surface area contributed by atoms with Gasteiger partial charge in [-0.1, -0.05) is 250 Å². The lowest BCUT2D eigenvalue weighted by atomic mass is 9.67. The number of rotatable bonds is 12. The molecule has 0 spiro atoms. The van der Waals surface area contributed by atoms with E-state index in [1.54, 1.807) is 24.3 Å². The zero-order valence-electron chi connectivity index (χ0n) is 50.5. The summed E-state index contributed by atoms with van der Waals surface area (Å²) in [5.41, 5.74) is 23.7. The highest BCUT2D eigenvalue weighted by Gasteiger charge is 2.49. The Hall–Kier alpha value is -10.4. The molecular weight excluding hydrogens is 1100 g/mol. The van der Waals surface area contributed by atoms with Crippen molar-refractivity contribution in [3.8, 4) is 62.1 Å². The molecule has 3 aliphatic carbocycles. The van der Waals surface area contributed by atoms with Crippen LogP contribution in [0.1, 0.15) is 104 Å². The predicted octanol–water partition coefficient (Wildman–Crippen LogP) is 19.0.